The van der Waals surface area contributed by atoms with Crippen LogP contribution in [0, 0.1) is 11.2 Å². The molecular weight excluding hydrogens is 377 g/mol. The molecule has 2 nitrogen and oxygen atoms in total. The van der Waals surface area contributed by atoms with Crippen molar-refractivity contribution in [3.8, 4) is 0 Å². The van der Waals surface area contributed by atoms with Crippen LogP contribution in [0.1, 0.15) is 31.2 Å². The zero-order valence-electron chi connectivity index (χ0n) is 12.2. The summed E-state index contributed by atoms with van der Waals surface area (Å²) in [6.07, 6.45) is 6.35. The Hall–Kier alpha value is -0.100. The van der Waals surface area contributed by atoms with Crippen molar-refractivity contribution in [3.63, 3.8) is 0 Å². The van der Waals surface area contributed by atoms with Crippen molar-refractivity contribution in [2.75, 3.05) is 13.3 Å². The van der Waals surface area contributed by atoms with E-state index in [9.17, 15) is 9.18 Å². The van der Waals surface area contributed by atoms with Crippen LogP contribution in [0.25, 0.3) is 0 Å². The predicted octanol–water partition coefficient (Wildman–Crippen LogP) is 4.94. The molecule has 0 aromatic heterocycles. The molecule has 1 N–H and O–H groups in total. The molecule has 1 aliphatic rings. The Morgan fingerprint density at radius 2 is 2.05 bits per heavy atom. The summed E-state index contributed by atoms with van der Waals surface area (Å²) < 4.78 is 16.4. The standard InChI is InChI=1S/C13H13BrClFO.C2H7NS/c14-10-7-9(3-4-11(10)16)8-13(12(15)17)5-1-2-6-13;1-3-4-2/h3-4,7H,1-2,5-6,8H2;3H,1-2H3. The molecule has 21 heavy (non-hydrogen) atoms. The number of nitrogens with one attached hydrogen (secondary N) is 1. The van der Waals surface area contributed by atoms with Gasteiger partial charge in [-0.2, -0.15) is 0 Å². The molecule has 0 heterocycles. The first-order valence-electron chi connectivity index (χ1n) is 6.79. The minimum atomic E-state index is -0.432. The molecule has 2 rings (SSSR count). The summed E-state index contributed by atoms with van der Waals surface area (Å²) in [5, 5.41) is -0.254. The quantitative estimate of drug-likeness (QED) is 0.577. The van der Waals surface area contributed by atoms with Crippen molar-refractivity contribution in [2.45, 2.75) is 32.1 Å². The Morgan fingerprint density at radius 1 is 1.48 bits per heavy atom. The van der Waals surface area contributed by atoms with Gasteiger partial charge in [-0.25, -0.2) is 4.39 Å². The van der Waals surface area contributed by atoms with Crippen LogP contribution in [0.15, 0.2) is 22.7 Å². The van der Waals surface area contributed by atoms with E-state index < -0.39 is 5.41 Å². The third-order valence-corrected chi connectivity index (χ3v) is 5.13. The SMILES string of the molecule is CNSC.O=C(Cl)C1(Cc2ccc(F)c(Br)c2)CCCC1. The number of hydrogen-bond acceptors (Lipinski definition) is 3. The Labute approximate surface area is 143 Å². The lowest BCUT2D eigenvalue weighted by molar-refractivity contribution is -0.120. The van der Waals surface area contributed by atoms with E-state index in [0.29, 0.717) is 10.9 Å². The highest BCUT2D eigenvalue weighted by atomic mass is 79.9. The van der Waals surface area contributed by atoms with E-state index in [2.05, 4.69) is 20.7 Å². The molecule has 0 atom stereocenters. The molecule has 1 aliphatic carbocycles. The van der Waals surface area contributed by atoms with E-state index >= 15 is 0 Å². The van der Waals surface area contributed by atoms with Crippen LogP contribution < -0.4 is 4.72 Å². The summed E-state index contributed by atoms with van der Waals surface area (Å²) in [6, 6.07) is 4.87. The molecule has 0 amide bonds. The summed E-state index contributed by atoms with van der Waals surface area (Å²) in [5.41, 5.74) is 0.521. The average Bonchev–Trinajstić information content (AvgIpc) is 2.93. The van der Waals surface area contributed by atoms with Gasteiger partial charge in [0.15, 0.2) is 0 Å². The highest BCUT2D eigenvalue weighted by molar-refractivity contribution is 9.10. The summed E-state index contributed by atoms with van der Waals surface area (Å²) in [5.74, 6) is -0.286. The number of rotatable bonds is 4. The van der Waals surface area contributed by atoms with Gasteiger partial charge in [0.2, 0.25) is 5.24 Å². The summed E-state index contributed by atoms with van der Waals surface area (Å²) in [7, 11) is 1.89. The molecular formula is C15H20BrClFNOS. The molecule has 1 aromatic rings. The van der Waals surface area contributed by atoms with E-state index in [-0.39, 0.29) is 11.1 Å². The van der Waals surface area contributed by atoms with Gasteiger partial charge in [-0.15, -0.1) is 0 Å². The van der Waals surface area contributed by atoms with Gasteiger partial charge in [-0.1, -0.05) is 30.9 Å². The molecule has 0 radical (unpaired) electrons. The first kappa shape index (κ1) is 18.9. The van der Waals surface area contributed by atoms with E-state index in [1.165, 1.54) is 6.07 Å². The van der Waals surface area contributed by atoms with Crippen molar-refractivity contribution in [1.82, 2.24) is 4.72 Å². The Balaban J connectivity index is 0.000000491. The normalized spacial score (nSPS) is 16.2. The largest absolute Gasteiger partial charge is 0.281 e. The fraction of sp³-hybridized carbons (Fsp3) is 0.533. The van der Waals surface area contributed by atoms with Gasteiger partial charge < -0.3 is 0 Å². The number of halogens is 3. The number of benzene rings is 1. The lowest BCUT2D eigenvalue weighted by atomic mass is 9.81. The molecule has 0 aliphatic heterocycles. The van der Waals surface area contributed by atoms with Crippen molar-refractivity contribution < 1.29 is 9.18 Å². The molecule has 1 fully saturated rings. The smallest absolute Gasteiger partial charge is 0.228 e. The zero-order valence-corrected chi connectivity index (χ0v) is 15.4. The van der Waals surface area contributed by atoms with Crippen LogP contribution in [-0.2, 0) is 11.2 Å². The average molecular weight is 397 g/mol. The minimum absolute atomic E-state index is 0.254. The molecule has 118 valence electrons. The maximum absolute atomic E-state index is 13.1. The van der Waals surface area contributed by atoms with Gasteiger partial charge in [-0.05, 0) is 77.8 Å². The second-order valence-electron chi connectivity index (χ2n) is 5.09. The van der Waals surface area contributed by atoms with Crippen LogP contribution >= 0.6 is 39.5 Å². The molecule has 1 saturated carbocycles. The Morgan fingerprint density at radius 3 is 2.48 bits per heavy atom. The summed E-state index contributed by atoms with van der Waals surface area (Å²) in [6.45, 7) is 0. The van der Waals surface area contributed by atoms with E-state index in [4.69, 9.17) is 11.6 Å². The predicted molar refractivity (Wildman–Crippen MR) is 92.1 cm³/mol. The molecule has 0 unspecified atom stereocenters. The molecule has 0 spiro atoms. The molecule has 1 aromatic carbocycles. The first-order chi connectivity index (χ1) is 9.95. The molecule has 0 saturated heterocycles. The minimum Gasteiger partial charge on any atom is -0.281 e. The third-order valence-electron chi connectivity index (χ3n) is 3.71. The Bertz CT molecular complexity index is 479. The van der Waals surface area contributed by atoms with Crippen molar-refractivity contribution in [1.29, 1.82) is 0 Å². The Kier molecular flexibility index (Phi) is 8.24. The van der Waals surface area contributed by atoms with Gasteiger partial charge >= 0.3 is 0 Å². The maximum Gasteiger partial charge on any atom is 0.228 e. The second-order valence-corrected chi connectivity index (χ2v) is 7.11. The van der Waals surface area contributed by atoms with Gasteiger partial charge in [0.1, 0.15) is 5.82 Å². The fourth-order valence-electron chi connectivity index (χ4n) is 2.53. The third kappa shape index (κ3) is 5.55. The lowest BCUT2D eigenvalue weighted by Gasteiger charge is -2.24. The number of carbonyl (C=O) groups excluding carboxylic acids is 1. The maximum atomic E-state index is 13.1. The fourth-order valence-corrected chi connectivity index (χ4v) is 3.22. The van der Waals surface area contributed by atoms with Gasteiger partial charge in [0.05, 0.1) is 4.47 Å². The van der Waals surface area contributed by atoms with Crippen molar-refractivity contribution in [3.05, 3.63) is 34.1 Å². The van der Waals surface area contributed by atoms with Gasteiger partial charge in [0, 0.05) is 5.41 Å². The summed E-state index contributed by atoms with van der Waals surface area (Å²) >= 11 is 10.5. The van der Waals surface area contributed by atoms with E-state index in [0.717, 1.165) is 31.2 Å². The van der Waals surface area contributed by atoms with Crippen molar-refractivity contribution in [2.24, 2.45) is 5.41 Å². The van der Waals surface area contributed by atoms with Crippen LogP contribution in [0.3, 0.4) is 0 Å². The van der Waals surface area contributed by atoms with E-state index in [1.807, 2.05) is 13.3 Å². The van der Waals surface area contributed by atoms with Gasteiger partial charge in [0.25, 0.3) is 0 Å². The van der Waals surface area contributed by atoms with Crippen LogP contribution in [0.4, 0.5) is 4.39 Å². The highest BCUT2D eigenvalue weighted by Crippen LogP contribution is 2.43. The lowest BCUT2D eigenvalue weighted by Crippen LogP contribution is -2.26. The number of hydrogen-bond donors (Lipinski definition) is 1. The monoisotopic (exact) mass is 395 g/mol. The first-order valence-corrected chi connectivity index (χ1v) is 9.18. The highest BCUT2D eigenvalue weighted by Gasteiger charge is 2.40. The molecule has 6 heteroatoms. The molecule has 0 bridgehead atoms. The van der Waals surface area contributed by atoms with Crippen LogP contribution in [-0.4, -0.2) is 18.5 Å². The van der Waals surface area contributed by atoms with Crippen LogP contribution in [0.2, 0.25) is 0 Å². The zero-order chi connectivity index (χ0) is 15.9. The van der Waals surface area contributed by atoms with Crippen molar-refractivity contribution >= 4 is 44.7 Å². The van der Waals surface area contributed by atoms with E-state index in [1.54, 1.807) is 24.1 Å². The number of carbonyl (C=O) groups is 1. The summed E-state index contributed by atoms with van der Waals surface area (Å²) in [4.78, 5) is 11.6. The van der Waals surface area contributed by atoms with Gasteiger partial charge in [-0.3, -0.25) is 9.52 Å². The van der Waals surface area contributed by atoms with Crippen LogP contribution in [0.5, 0.6) is 0 Å². The second kappa shape index (κ2) is 9.13. The topological polar surface area (TPSA) is 29.1 Å².